The van der Waals surface area contributed by atoms with Gasteiger partial charge in [-0.25, -0.2) is 0 Å². The summed E-state index contributed by atoms with van der Waals surface area (Å²) in [6.07, 6.45) is 2.68. The molecule has 0 fully saturated rings. The minimum Gasteiger partial charge on any atom is -0.298 e. The molecule has 0 aliphatic carbocycles. The third-order valence-corrected chi connectivity index (χ3v) is 2.42. The first-order valence-electron chi connectivity index (χ1n) is 4.76. The predicted octanol–water partition coefficient (Wildman–Crippen LogP) is 2.21. The zero-order valence-electron chi connectivity index (χ0n) is 8.77. The van der Waals surface area contributed by atoms with Gasteiger partial charge in [0.2, 0.25) is 0 Å². The summed E-state index contributed by atoms with van der Waals surface area (Å²) in [6.45, 7) is 2.01. The van der Waals surface area contributed by atoms with Crippen molar-refractivity contribution in [2.24, 2.45) is 7.05 Å². The van der Waals surface area contributed by atoms with Gasteiger partial charge in [-0.2, -0.15) is 5.10 Å². The van der Waals surface area contributed by atoms with E-state index in [1.165, 1.54) is 0 Å². The summed E-state index contributed by atoms with van der Waals surface area (Å²) in [5.41, 5.74) is 3.88. The number of aldehydes is 1. The van der Waals surface area contributed by atoms with Gasteiger partial charge in [0.05, 0.1) is 11.9 Å². The van der Waals surface area contributed by atoms with Gasteiger partial charge in [0.25, 0.3) is 0 Å². The number of hydrogen-bond acceptors (Lipinski definition) is 2. The number of nitrogens with zero attached hydrogens (tertiary/aromatic N) is 2. The quantitative estimate of drug-likeness (QED) is 0.696. The van der Waals surface area contributed by atoms with Gasteiger partial charge in [-0.3, -0.25) is 9.48 Å². The molecule has 0 unspecified atom stereocenters. The molecule has 15 heavy (non-hydrogen) atoms. The van der Waals surface area contributed by atoms with Crippen LogP contribution in [0.25, 0.3) is 11.3 Å². The second-order valence-corrected chi connectivity index (χ2v) is 3.54. The van der Waals surface area contributed by atoms with Crippen LogP contribution in [0.3, 0.4) is 0 Å². The number of hydrogen-bond donors (Lipinski definition) is 0. The lowest BCUT2D eigenvalue weighted by Crippen LogP contribution is -1.94. The van der Waals surface area contributed by atoms with Crippen molar-refractivity contribution in [1.29, 1.82) is 0 Å². The first-order chi connectivity index (χ1) is 7.22. The topological polar surface area (TPSA) is 34.9 Å². The van der Waals surface area contributed by atoms with E-state index in [9.17, 15) is 4.79 Å². The lowest BCUT2D eigenvalue weighted by Gasteiger charge is -2.04. The molecule has 0 saturated heterocycles. The summed E-state index contributed by atoms with van der Waals surface area (Å²) in [6, 6.07) is 7.53. The normalized spacial score (nSPS) is 10.3. The number of carbonyl (C=O) groups is 1. The van der Waals surface area contributed by atoms with Gasteiger partial charge >= 0.3 is 0 Å². The van der Waals surface area contributed by atoms with Crippen molar-refractivity contribution >= 4 is 6.29 Å². The maximum atomic E-state index is 10.7. The minimum absolute atomic E-state index is 0.688. The molecule has 3 heteroatoms. The van der Waals surface area contributed by atoms with E-state index in [0.29, 0.717) is 5.56 Å². The summed E-state index contributed by atoms with van der Waals surface area (Å²) in [7, 11) is 1.90. The molecule has 0 bridgehead atoms. The largest absolute Gasteiger partial charge is 0.298 e. The van der Waals surface area contributed by atoms with Gasteiger partial charge in [0, 0.05) is 18.2 Å². The third-order valence-electron chi connectivity index (χ3n) is 2.42. The average molecular weight is 200 g/mol. The zero-order chi connectivity index (χ0) is 10.8. The van der Waals surface area contributed by atoms with Gasteiger partial charge in [-0.1, -0.05) is 18.2 Å². The zero-order valence-corrected chi connectivity index (χ0v) is 8.77. The molecule has 0 radical (unpaired) electrons. The highest BCUT2D eigenvalue weighted by Gasteiger charge is 2.07. The Hall–Kier alpha value is -1.90. The third kappa shape index (κ3) is 1.68. The molecule has 1 aromatic heterocycles. The Morgan fingerprint density at radius 3 is 2.80 bits per heavy atom. The molecule has 0 aliphatic heterocycles. The average Bonchev–Trinajstić information content (AvgIpc) is 2.59. The molecule has 0 N–H and O–H groups in total. The molecule has 2 rings (SSSR count). The van der Waals surface area contributed by atoms with Crippen LogP contribution in [0, 0.1) is 6.92 Å². The fraction of sp³-hybridized carbons (Fsp3) is 0.167. The molecule has 1 aromatic carbocycles. The van der Waals surface area contributed by atoms with Gasteiger partial charge in [-0.15, -0.1) is 0 Å². The molecule has 2 aromatic rings. The van der Waals surface area contributed by atoms with E-state index in [0.717, 1.165) is 23.1 Å². The van der Waals surface area contributed by atoms with Crippen LogP contribution in [0.15, 0.2) is 30.5 Å². The molecule has 0 atom stereocenters. The van der Waals surface area contributed by atoms with E-state index >= 15 is 0 Å². The molecule has 76 valence electrons. The highest BCUT2D eigenvalue weighted by Crippen LogP contribution is 2.22. The van der Waals surface area contributed by atoms with Gasteiger partial charge in [0.15, 0.2) is 0 Å². The van der Waals surface area contributed by atoms with E-state index in [2.05, 4.69) is 5.10 Å². The van der Waals surface area contributed by atoms with Crippen LogP contribution in [-0.4, -0.2) is 16.1 Å². The van der Waals surface area contributed by atoms with Crippen molar-refractivity contribution in [2.45, 2.75) is 6.92 Å². The van der Waals surface area contributed by atoms with Crippen LogP contribution in [0.1, 0.15) is 15.9 Å². The molecular formula is C12H12N2O. The number of aryl methyl sites for hydroxylation is 2. The lowest BCUT2D eigenvalue weighted by atomic mass is 10.1. The smallest absolute Gasteiger partial charge is 0.150 e. The molecular weight excluding hydrogens is 188 g/mol. The molecule has 0 aliphatic rings. The van der Waals surface area contributed by atoms with Gasteiger partial charge in [-0.05, 0) is 18.6 Å². The summed E-state index contributed by atoms with van der Waals surface area (Å²) in [5, 5.41) is 4.18. The van der Waals surface area contributed by atoms with E-state index in [4.69, 9.17) is 0 Å². The van der Waals surface area contributed by atoms with Crippen LogP contribution in [0.2, 0.25) is 0 Å². The first kappa shape index (κ1) is 9.65. The summed E-state index contributed by atoms with van der Waals surface area (Å²) in [4.78, 5) is 10.7. The van der Waals surface area contributed by atoms with Crippen molar-refractivity contribution in [3.63, 3.8) is 0 Å². The van der Waals surface area contributed by atoms with Crippen molar-refractivity contribution in [3.8, 4) is 11.3 Å². The minimum atomic E-state index is 0.688. The molecule has 0 spiro atoms. The highest BCUT2D eigenvalue weighted by molar-refractivity contribution is 5.78. The summed E-state index contributed by atoms with van der Waals surface area (Å²) >= 11 is 0. The van der Waals surface area contributed by atoms with Crippen molar-refractivity contribution in [3.05, 3.63) is 41.6 Å². The van der Waals surface area contributed by atoms with Crippen LogP contribution >= 0.6 is 0 Å². The molecule has 0 amide bonds. The number of aromatic nitrogens is 2. The fourth-order valence-corrected chi connectivity index (χ4v) is 1.72. The standard InChI is InChI=1S/C12H12N2O/c1-9-7-13-14(2)12(9)11-5-3-4-10(6-11)8-15/h3-8H,1-2H3. The number of benzene rings is 1. The number of carbonyl (C=O) groups excluding carboxylic acids is 1. The van der Waals surface area contributed by atoms with Crippen LogP contribution in [0.4, 0.5) is 0 Å². The van der Waals surface area contributed by atoms with Crippen molar-refractivity contribution in [1.82, 2.24) is 9.78 Å². The maximum Gasteiger partial charge on any atom is 0.150 e. The first-order valence-corrected chi connectivity index (χ1v) is 4.76. The molecule has 1 heterocycles. The predicted molar refractivity (Wildman–Crippen MR) is 58.8 cm³/mol. The Kier molecular flexibility index (Phi) is 2.37. The van der Waals surface area contributed by atoms with Crippen molar-refractivity contribution in [2.75, 3.05) is 0 Å². The van der Waals surface area contributed by atoms with Crippen LogP contribution in [0.5, 0.6) is 0 Å². The molecule has 3 nitrogen and oxygen atoms in total. The SMILES string of the molecule is Cc1cnn(C)c1-c1cccc(C=O)c1. The highest BCUT2D eigenvalue weighted by atomic mass is 16.1. The lowest BCUT2D eigenvalue weighted by molar-refractivity contribution is 0.112. The Labute approximate surface area is 88.4 Å². The van der Waals surface area contributed by atoms with Crippen LogP contribution < -0.4 is 0 Å². The Balaban J connectivity index is 2.58. The fourth-order valence-electron chi connectivity index (χ4n) is 1.72. The monoisotopic (exact) mass is 200 g/mol. The Morgan fingerprint density at radius 2 is 2.20 bits per heavy atom. The van der Waals surface area contributed by atoms with E-state index in [-0.39, 0.29) is 0 Å². The summed E-state index contributed by atoms with van der Waals surface area (Å²) < 4.78 is 1.82. The van der Waals surface area contributed by atoms with E-state index in [1.54, 1.807) is 6.07 Å². The van der Waals surface area contributed by atoms with E-state index < -0.39 is 0 Å². The van der Waals surface area contributed by atoms with Gasteiger partial charge in [0.1, 0.15) is 6.29 Å². The Bertz CT molecular complexity index is 481. The Morgan fingerprint density at radius 1 is 1.40 bits per heavy atom. The van der Waals surface area contributed by atoms with Gasteiger partial charge < -0.3 is 0 Å². The number of rotatable bonds is 2. The summed E-state index contributed by atoms with van der Waals surface area (Å²) in [5.74, 6) is 0. The van der Waals surface area contributed by atoms with Crippen LogP contribution in [-0.2, 0) is 7.05 Å². The second kappa shape index (κ2) is 3.69. The maximum absolute atomic E-state index is 10.7. The molecule has 0 saturated carbocycles. The van der Waals surface area contributed by atoms with Crippen molar-refractivity contribution < 1.29 is 4.79 Å². The second-order valence-electron chi connectivity index (χ2n) is 3.54. The van der Waals surface area contributed by atoms with E-state index in [1.807, 2.05) is 43.0 Å².